The van der Waals surface area contributed by atoms with Gasteiger partial charge in [0, 0.05) is 29.7 Å². The van der Waals surface area contributed by atoms with Gasteiger partial charge in [0.15, 0.2) is 6.61 Å². The highest BCUT2D eigenvalue weighted by molar-refractivity contribution is 5.90. The molecule has 1 atom stereocenters. The SMILES string of the molecule is O=C(COc1ccc(/C=C/c2ccccc2)cc1)NC(Cc1c[nH]c2ccccc12)C(=O)N/N=C/c1ccccn1. The number of H-pyrrole nitrogens is 1. The fraction of sp³-hybridized carbons (Fsp3) is 0.0909. The molecule has 3 aromatic carbocycles. The molecule has 0 aliphatic rings. The summed E-state index contributed by atoms with van der Waals surface area (Å²) in [6.07, 6.45) is 9.24. The van der Waals surface area contributed by atoms with E-state index in [2.05, 4.69) is 25.8 Å². The van der Waals surface area contributed by atoms with Crippen molar-refractivity contribution in [3.63, 3.8) is 0 Å². The molecule has 0 aliphatic carbocycles. The first kappa shape index (κ1) is 27.1. The Hall–Kier alpha value is -5.50. The second kappa shape index (κ2) is 13.5. The minimum Gasteiger partial charge on any atom is -0.484 e. The predicted octanol–water partition coefficient (Wildman–Crippen LogP) is 4.99. The highest BCUT2D eigenvalue weighted by atomic mass is 16.5. The molecule has 41 heavy (non-hydrogen) atoms. The zero-order valence-corrected chi connectivity index (χ0v) is 22.2. The zero-order chi connectivity index (χ0) is 28.3. The molecule has 5 aromatic rings. The van der Waals surface area contributed by atoms with E-state index in [0.717, 1.165) is 27.6 Å². The van der Waals surface area contributed by atoms with Gasteiger partial charge in [-0.1, -0.05) is 78.9 Å². The van der Waals surface area contributed by atoms with Crippen molar-refractivity contribution < 1.29 is 14.3 Å². The van der Waals surface area contributed by atoms with Crippen LogP contribution >= 0.6 is 0 Å². The summed E-state index contributed by atoms with van der Waals surface area (Å²) in [5, 5.41) is 7.79. The molecule has 0 radical (unpaired) electrons. The maximum absolute atomic E-state index is 13.1. The number of fused-ring (bicyclic) bond motifs is 1. The monoisotopic (exact) mass is 543 g/mol. The van der Waals surface area contributed by atoms with Gasteiger partial charge in [-0.05, 0) is 47.0 Å². The van der Waals surface area contributed by atoms with Crippen LogP contribution in [-0.4, -0.2) is 40.6 Å². The molecule has 0 saturated heterocycles. The summed E-state index contributed by atoms with van der Waals surface area (Å²) in [4.78, 5) is 33.3. The summed E-state index contributed by atoms with van der Waals surface area (Å²) < 4.78 is 5.70. The second-order valence-corrected chi connectivity index (χ2v) is 9.27. The fourth-order valence-corrected chi connectivity index (χ4v) is 4.24. The Morgan fingerprint density at radius 2 is 1.61 bits per heavy atom. The quantitative estimate of drug-likeness (QED) is 0.124. The smallest absolute Gasteiger partial charge is 0.262 e. The van der Waals surface area contributed by atoms with E-state index < -0.39 is 17.9 Å². The third kappa shape index (κ3) is 7.77. The lowest BCUT2D eigenvalue weighted by Gasteiger charge is -2.17. The predicted molar refractivity (Wildman–Crippen MR) is 161 cm³/mol. The number of aromatic amines is 1. The van der Waals surface area contributed by atoms with Crippen LogP contribution in [0, 0.1) is 0 Å². The number of carbonyl (C=O) groups excluding carboxylic acids is 2. The Kier molecular flexibility index (Phi) is 8.93. The lowest BCUT2D eigenvalue weighted by molar-refractivity contribution is -0.130. The number of nitrogens with zero attached hydrogens (tertiary/aromatic N) is 2. The molecule has 0 bridgehead atoms. The minimum absolute atomic E-state index is 0.242. The van der Waals surface area contributed by atoms with Crippen LogP contribution in [0.1, 0.15) is 22.4 Å². The van der Waals surface area contributed by atoms with Crippen molar-refractivity contribution >= 4 is 41.1 Å². The Bertz CT molecular complexity index is 1650. The van der Waals surface area contributed by atoms with Gasteiger partial charge >= 0.3 is 0 Å². The Balaban J connectivity index is 1.21. The van der Waals surface area contributed by atoms with E-state index in [-0.39, 0.29) is 13.0 Å². The molecule has 2 amide bonds. The molecule has 0 fully saturated rings. The van der Waals surface area contributed by atoms with Crippen molar-refractivity contribution in [3.05, 3.63) is 132 Å². The number of benzene rings is 3. The first-order chi connectivity index (χ1) is 20.1. The van der Waals surface area contributed by atoms with E-state index >= 15 is 0 Å². The van der Waals surface area contributed by atoms with Gasteiger partial charge in [0.05, 0.1) is 11.9 Å². The molecular formula is C33H29N5O3. The van der Waals surface area contributed by atoms with Crippen LogP contribution in [0.15, 0.2) is 115 Å². The molecule has 5 rings (SSSR count). The summed E-state index contributed by atoms with van der Waals surface area (Å²) in [5.74, 6) is -0.327. The van der Waals surface area contributed by atoms with Gasteiger partial charge in [-0.3, -0.25) is 14.6 Å². The number of carbonyl (C=O) groups is 2. The average molecular weight is 544 g/mol. The van der Waals surface area contributed by atoms with Crippen LogP contribution in [0.5, 0.6) is 5.75 Å². The van der Waals surface area contributed by atoms with Crippen LogP contribution in [0.3, 0.4) is 0 Å². The maximum Gasteiger partial charge on any atom is 0.262 e. The van der Waals surface area contributed by atoms with Crippen LogP contribution < -0.4 is 15.5 Å². The lowest BCUT2D eigenvalue weighted by atomic mass is 10.0. The third-order valence-corrected chi connectivity index (χ3v) is 6.33. The van der Waals surface area contributed by atoms with Crippen molar-refractivity contribution in [2.75, 3.05) is 6.61 Å². The first-order valence-electron chi connectivity index (χ1n) is 13.2. The summed E-state index contributed by atoms with van der Waals surface area (Å²) in [6, 6.07) is 29.8. The number of nitrogens with one attached hydrogen (secondary N) is 3. The normalized spacial score (nSPS) is 12.0. The molecule has 0 spiro atoms. The Labute approximate surface area is 237 Å². The van der Waals surface area contributed by atoms with Crippen LogP contribution in [0.4, 0.5) is 0 Å². The Morgan fingerprint density at radius 3 is 2.39 bits per heavy atom. The van der Waals surface area contributed by atoms with Gasteiger partial charge < -0.3 is 15.0 Å². The number of para-hydroxylation sites is 1. The number of rotatable bonds is 11. The maximum atomic E-state index is 13.1. The number of hydrogen-bond donors (Lipinski definition) is 3. The summed E-state index contributed by atoms with van der Waals surface area (Å²) in [7, 11) is 0. The van der Waals surface area contributed by atoms with E-state index in [4.69, 9.17) is 4.74 Å². The van der Waals surface area contributed by atoms with Gasteiger partial charge in [0.1, 0.15) is 11.8 Å². The average Bonchev–Trinajstić information content (AvgIpc) is 3.43. The van der Waals surface area contributed by atoms with Gasteiger partial charge in [-0.15, -0.1) is 0 Å². The number of hydrazone groups is 1. The number of aromatic nitrogens is 2. The number of amides is 2. The van der Waals surface area contributed by atoms with Crippen molar-refractivity contribution in [3.8, 4) is 5.75 Å². The topological polar surface area (TPSA) is 108 Å². The molecule has 1 unspecified atom stereocenters. The van der Waals surface area contributed by atoms with Crippen molar-refractivity contribution in [1.82, 2.24) is 20.7 Å². The van der Waals surface area contributed by atoms with Gasteiger partial charge in [-0.25, -0.2) is 5.43 Å². The molecular weight excluding hydrogens is 514 g/mol. The standard InChI is InChI=1S/C33H29N5O3/c39-32(23-41-28-17-15-25(16-18-28)14-13-24-8-2-1-3-9-24)37-31(20-26-21-35-30-12-5-4-11-29(26)30)33(40)38-36-22-27-10-6-7-19-34-27/h1-19,21-22,31,35H,20,23H2,(H,37,39)(H,38,40)/b14-13+,36-22+. The fourth-order valence-electron chi connectivity index (χ4n) is 4.24. The zero-order valence-electron chi connectivity index (χ0n) is 22.2. The van der Waals surface area contributed by atoms with Crippen molar-refractivity contribution in [1.29, 1.82) is 0 Å². The largest absolute Gasteiger partial charge is 0.484 e. The molecule has 2 heterocycles. The van der Waals surface area contributed by atoms with Crippen molar-refractivity contribution in [2.45, 2.75) is 12.5 Å². The molecule has 8 nitrogen and oxygen atoms in total. The van der Waals surface area contributed by atoms with Crippen LogP contribution in [0.25, 0.3) is 23.1 Å². The number of pyridine rings is 1. The molecule has 204 valence electrons. The van der Waals surface area contributed by atoms with Crippen LogP contribution in [-0.2, 0) is 16.0 Å². The summed E-state index contributed by atoms with van der Waals surface area (Å²) >= 11 is 0. The van der Waals surface area contributed by atoms with E-state index in [1.54, 1.807) is 30.5 Å². The van der Waals surface area contributed by atoms with E-state index in [9.17, 15) is 9.59 Å². The van der Waals surface area contributed by atoms with E-state index in [1.165, 1.54) is 6.21 Å². The number of ether oxygens (including phenoxy) is 1. The van der Waals surface area contributed by atoms with Crippen LogP contribution in [0.2, 0.25) is 0 Å². The molecule has 3 N–H and O–H groups in total. The van der Waals surface area contributed by atoms with E-state index in [0.29, 0.717) is 11.4 Å². The summed E-state index contributed by atoms with van der Waals surface area (Å²) in [6.45, 7) is -0.242. The molecule has 0 saturated carbocycles. The number of hydrogen-bond acceptors (Lipinski definition) is 5. The Morgan fingerprint density at radius 1 is 0.878 bits per heavy atom. The lowest BCUT2D eigenvalue weighted by Crippen LogP contribution is -2.48. The minimum atomic E-state index is -0.878. The van der Waals surface area contributed by atoms with E-state index in [1.807, 2.05) is 91.1 Å². The van der Waals surface area contributed by atoms with Gasteiger partial charge in [0.2, 0.25) is 0 Å². The van der Waals surface area contributed by atoms with Gasteiger partial charge in [0.25, 0.3) is 11.8 Å². The highest BCUT2D eigenvalue weighted by Crippen LogP contribution is 2.19. The first-order valence-corrected chi connectivity index (χ1v) is 13.2. The van der Waals surface area contributed by atoms with Gasteiger partial charge in [-0.2, -0.15) is 5.10 Å². The molecule has 8 heteroatoms. The van der Waals surface area contributed by atoms with Crippen molar-refractivity contribution in [2.24, 2.45) is 5.10 Å². The molecule has 2 aromatic heterocycles. The molecule has 0 aliphatic heterocycles. The summed E-state index contributed by atoms with van der Waals surface area (Å²) in [5.41, 5.74) is 7.08. The highest BCUT2D eigenvalue weighted by Gasteiger charge is 2.23. The third-order valence-electron chi connectivity index (χ3n) is 6.33. The second-order valence-electron chi connectivity index (χ2n) is 9.27.